The van der Waals surface area contributed by atoms with Gasteiger partial charge in [0.1, 0.15) is 11.5 Å². The van der Waals surface area contributed by atoms with Crippen molar-refractivity contribution in [3.63, 3.8) is 0 Å². The molecule has 0 saturated heterocycles. The van der Waals surface area contributed by atoms with Crippen molar-refractivity contribution in [2.45, 2.75) is 26.2 Å². The average Bonchev–Trinajstić information content (AvgIpc) is 2.41. The van der Waals surface area contributed by atoms with E-state index in [0.717, 1.165) is 17.1 Å². The molecule has 0 aliphatic heterocycles. The molecule has 3 N–H and O–H groups in total. The number of carboxylic acids is 1. The number of aliphatic carboxylic acids is 1. The first-order chi connectivity index (χ1) is 6.54. The zero-order chi connectivity index (χ0) is 10.7. The second-order valence-corrected chi connectivity index (χ2v) is 3.40. The van der Waals surface area contributed by atoms with Crippen LogP contribution in [0.15, 0.2) is 10.5 Å². The van der Waals surface area contributed by atoms with Crippen LogP contribution < -0.4 is 5.73 Å². The first-order valence-corrected chi connectivity index (χ1v) is 4.53. The molecule has 0 bridgehead atoms. The smallest absolute Gasteiger partial charge is 0.304 e. The largest absolute Gasteiger partial charge is 0.481 e. The minimum Gasteiger partial charge on any atom is -0.481 e. The fourth-order valence-electron chi connectivity index (χ4n) is 1.59. The van der Waals surface area contributed by atoms with Gasteiger partial charge in [0.05, 0.1) is 6.42 Å². The first-order valence-electron chi connectivity index (χ1n) is 4.53. The van der Waals surface area contributed by atoms with E-state index < -0.39 is 5.97 Å². The molecule has 0 amide bonds. The number of furan rings is 1. The Kier molecular flexibility index (Phi) is 3.30. The van der Waals surface area contributed by atoms with E-state index in [1.54, 1.807) is 0 Å². The maximum absolute atomic E-state index is 10.6. The van der Waals surface area contributed by atoms with E-state index in [1.165, 1.54) is 0 Å². The summed E-state index contributed by atoms with van der Waals surface area (Å²) in [5.74, 6) is 0.573. The zero-order valence-corrected chi connectivity index (χ0v) is 8.41. The fourth-order valence-corrected chi connectivity index (χ4v) is 1.59. The van der Waals surface area contributed by atoms with Crippen LogP contribution in [0.5, 0.6) is 0 Å². The van der Waals surface area contributed by atoms with Crippen LogP contribution in [-0.4, -0.2) is 17.6 Å². The van der Waals surface area contributed by atoms with Crippen molar-refractivity contribution in [2.24, 2.45) is 5.73 Å². The second kappa shape index (κ2) is 4.28. The highest BCUT2D eigenvalue weighted by molar-refractivity contribution is 5.68. The van der Waals surface area contributed by atoms with Crippen LogP contribution in [0.4, 0.5) is 0 Å². The highest BCUT2D eigenvalue weighted by Crippen LogP contribution is 2.25. The van der Waals surface area contributed by atoms with Crippen LogP contribution in [0, 0.1) is 13.8 Å². The van der Waals surface area contributed by atoms with E-state index in [0.29, 0.717) is 6.54 Å². The lowest BCUT2D eigenvalue weighted by Gasteiger charge is -2.10. The van der Waals surface area contributed by atoms with E-state index >= 15 is 0 Å². The number of aryl methyl sites for hydroxylation is 2. The molecule has 1 aromatic heterocycles. The third kappa shape index (κ3) is 2.35. The predicted molar refractivity (Wildman–Crippen MR) is 52.2 cm³/mol. The lowest BCUT2D eigenvalue weighted by Crippen LogP contribution is -2.16. The molecule has 14 heavy (non-hydrogen) atoms. The van der Waals surface area contributed by atoms with Gasteiger partial charge in [-0.3, -0.25) is 4.79 Å². The van der Waals surface area contributed by atoms with Crippen LogP contribution in [0.1, 0.15) is 29.4 Å². The van der Waals surface area contributed by atoms with Crippen LogP contribution >= 0.6 is 0 Å². The summed E-state index contributed by atoms with van der Waals surface area (Å²) in [7, 11) is 0. The molecule has 0 radical (unpaired) electrons. The minimum atomic E-state index is -0.835. The molecular formula is C10H15NO3. The number of hydrogen-bond donors (Lipinski definition) is 2. The lowest BCUT2D eigenvalue weighted by atomic mass is 9.96. The molecule has 1 unspecified atom stereocenters. The molecule has 1 heterocycles. The Morgan fingerprint density at radius 3 is 2.64 bits per heavy atom. The van der Waals surface area contributed by atoms with E-state index in [2.05, 4.69) is 0 Å². The van der Waals surface area contributed by atoms with Gasteiger partial charge in [-0.25, -0.2) is 0 Å². The van der Waals surface area contributed by atoms with Crippen molar-refractivity contribution < 1.29 is 14.3 Å². The second-order valence-electron chi connectivity index (χ2n) is 3.40. The Labute approximate surface area is 82.7 Å². The quantitative estimate of drug-likeness (QED) is 0.765. The number of carboxylic acid groups (broad SMARTS) is 1. The van der Waals surface area contributed by atoms with Gasteiger partial charge in [-0.15, -0.1) is 0 Å². The van der Waals surface area contributed by atoms with Gasteiger partial charge in [0.25, 0.3) is 0 Å². The Morgan fingerprint density at radius 1 is 1.64 bits per heavy atom. The molecule has 1 rings (SSSR count). The molecule has 0 fully saturated rings. The molecule has 4 nitrogen and oxygen atoms in total. The van der Waals surface area contributed by atoms with E-state index in [-0.39, 0.29) is 12.3 Å². The van der Waals surface area contributed by atoms with Gasteiger partial charge in [-0.1, -0.05) is 0 Å². The molecule has 0 aliphatic carbocycles. The SMILES string of the molecule is Cc1cc(C(CN)CC(=O)O)c(C)o1. The summed E-state index contributed by atoms with van der Waals surface area (Å²) < 4.78 is 5.33. The topological polar surface area (TPSA) is 76.5 Å². The molecule has 0 aromatic carbocycles. The predicted octanol–water partition coefficient (Wildman–Crippen LogP) is 1.41. The third-order valence-electron chi connectivity index (χ3n) is 2.22. The molecule has 1 aromatic rings. The molecule has 1 atom stereocenters. The molecule has 78 valence electrons. The molecular weight excluding hydrogens is 182 g/mol. The zero-order valence-electron chi connectivity index (χ0n) is 8.41. The number of nitrogens with two attached hydrogens (primary N) is 1. The summed E-state index contributed by atoms with van der Waals surface area (Å²) in [6.07, 6.45) is 0.0519. The van der Waals surface area contributed by atoms with E-state index in [1.807, 2.05) is 19.9 Å². The highest BCUT2D eigenvalue weighted by Gasteiger charge is 2.18. The standard InChI is InChI=1S/C10H15NO3/c1-6-3-9(7(2)14-6)8(5-11)4-10(12)13/h3,8H,4-5,11H2,1-2H3,(H,12,13). The van der Waals surface area contributed by atoms with Crippen LogP contribution in [-0.2, 0) is 4.79 Å². The van der Waals surface area contributed by atoms with Gasteiger partial charge in [0, 0.05) is 5.92 Å². The van der Waals surface area contributed by atoms with Gasteiger partial charge >= 0.3 is 5.97 Å². The van der Waals surface area contributed by atoms with Crippen molar-refractivity contribution in [1.82, 2.24) is 0 Å². The Balaban J connectivity index is 2.88. The minimum absolute atomic E-state index is 0.0519. The van der Waals surface area contributed by atoms with Gasteiger partial charge in [-0.2, -0.15) is 0 Å². The van der Waals surface area contributed by atoms with Gasteiger partial charge in [0.2, 0.25) is 0 Å². The van der Waals surface area contributed by atoms with Crippen LogP contribution in [0.3, 0.4) is 0 Å². The normalized spacial score (nSPS) is 12.8. The van der Waals surface area contributed by atoms with E-state index in [9.17, 15) is 4.79 Å². The fraction of sp³-hybridized carbons (Fsp3) is 0.500. The maximum Gasteiger partial charge on any atom is 0.304 e. The van der Waals surface area contributed by atoms with E-state index in [4.69, 9.17) is 15.3 Å². The number of rotatable bonds is 4. The summed E-state index contributed by atoms with van der Waals surface area (Å²) in [6, 6.07) is 1.86. The Hall–Kier alpha value is -1.29. The number of hydrogen-bond acceptors (Lipinski definition) is 3. The molecule has 0 saturated carbocycles. The van der Waals surface area contributed by atoms with Crippen molar-refractivity contribution in [2.75, 3.05) is 6.54 Å². The number of carbonyl (C=O) groups is 1. The molecule has 0 spiro atoms. The van der Waals surface area contributed by atoms with Crippen molar-refractivity contribution in [3.05, 3.63) is 23.2 Å². The summed E-state index contributed by atoms with van der Waals surface area (Å²) >= 11 is 0. The monoisotopic (exact) mass is 197 g/mol. The molecule has 4 heteroatoms. The summed E-state index contributed by atoms with van der Waals surface area (Å²) in [5.41, 5.74) is 6.44. The highest BCUT2D eigenvalue weighted by atomic mass is 16.4. The van der Waals surface area contributed by atoms with Crippen molar-refractivity contribution >= 4 is 5.97 Å². The molecule has 0 aliphatic rings. The lowest BCUT2D eigenvalue weighted by molar-refractivity contribution is -0.137. The van der Waals surface area contributed by atoms with Gasteiger partial charge in [-0.05, 0) is 32.0 Å². The van der Waals surface area contributed by atoms with Crippen LogP contribution in [0.2, 0.25) is 0 Å². The van der Waals surface area contributed by atoms with Crippen molar-refractivity contribution in [3.8, 4) is 0 Å². The maximum atomic E-state index is 10.6. The van der Waals surface area contributed by atoms with Gasteiger partial charge in [0.15, 0.2) is 0 Å². The summed E-state index contributed by atoms with van der Waals surface area (Å²) in [6.45, 7) is 3.99. The van der Waals surface area contributed by atoms with Crippen molar-refractivity contribution in [1.29, 1.82) is 0 Å². The third-order valence-corrected chi connectivity index (χ3v) is 2.22. The summed E-state index contributed by atoms with van der Waals surface area (Å²) in [4.78, 5) is 10.6. The Morgan fingerprint density at radius 2 is 2.29 bits per heavy atom. The van der Waals surface area contributed by atoms with Gasteiger partial charge < -0.3 is 15.3 Å². The Bertz CT molecular complexity index is 330. The first kappa shape index (κ1) is 10.8. The average molecular weight is 197 g/mol. The van der Waals surface area contributed by atoms with Crippen LogP contribution in [0.25, 0.3) is 0 Å². The summed E-state index contributed by atoms with van der Waals surface area (Å²) in [5, 5.41) is 8.69.